The number of hydrogen-bond acceptors (Lipinski definition) is 5. The third-order valence-corrected chi connectivity index (χ3v) is 7.68. The smallest absolute Gasteiger partial charge is 0.343 e. The van der Waals surface area contributed by atoms with Crippen LogP contribution < -0.4 is 14.9 Å². The lowest BCUT2D eigenvalue weighted by molar-refractivity contribution is 0.0734. The second kappa shape index (κ2) is 12.2. The molecule has 0 fully saturated rings. The number of rotatable bonds is 7. The van der Waals surface area contributed by atoms with E-state index >= 15 is 0 Å². The van der Waals surface area contributed by atoms with Gasteiger partial charge in [0, 0.05) is 29.9 Å². The number of aromatic amines is 1. The van der Waals surface area contributed by atoms with Crippen LogP contribution in [0.2, 0.25) is 0 Å². The standard InChI is InChI=1S/C30H20Br3N3O4/c1-39-24-14-12-22(33)26-25(17-5-3-2-4-6-17)28(35-27(24)26)29(37)36-34-16-19-15-21(32)11-13-23(19)40-30(38)18-7-9-20(31)10-8-18/h2-16,35H,1H3,(H,36,37). The first-order valence-electron chi connectivity index (χ1n) is 11.9. The molecule has 0 aliphatic rings. The molecule has 5 aromatic rings. The van der Waals surface area contributed by atoms with E-state index in [0.717, 1.165) is 24.4 Å². The Morgan fingerprint density at radius 2 is 1.57 bits per heavy atom. The molecular formula is C30H20Br3N3O4. The highest BCUT2D eigenvalue weighted by atomic mass is 79.9. The van der Waals surface area contributed by atoms with Gasteiger partial charge in [0.2, 0.25) is 0 Å². The maximum atomic E-state index is 13.4. The van der Waals surface area contributed by atoms with Crippen molar-refractivity contribution in [1.82, 2.24) is 10.4 Å². The summed E-state index contributed by atoms with van der Waals surface area (Å²) in [7, 11) is 1.58. The summed E-state index contributed by atoms with van der Waals surface area (Å²) in [6.45, 7) is 0. The Hall–Kier alpha value is -3.73. The van der Waals surface area contributed by atoms with Gasteiger partial charge in [-0.2, -0.15) is 5.10 Å². The number of ether oxygens (including phenoxy) is 2. The molecule has 0 spiro atoms. The number of H-pyrrole nitrogens is 1. The molecule has 2 N–H and O–H groups in total. The maximum Gasteiger partial charge on any atom is 0.343 e. The van der Waals surface area contributed by atoms with Gasteiger partial charge in [-0.15, -0.1) is 0 Å². The number of benzene rings is 4. The molecule has 0 saturated carbocycles. The van der Waals surface area contributed by atoms with Gasteiger partial charge in [-0.05, 0) is 60.2 Å². The fraction of sp³-hybridized carbons (Fsp3) is 0.0333. The number of aromatic nitrogens is 1. The van der Waals surface area contributed by atoms with E-state index in [4.69, 9.17) is 9.47 Å². The summed E-state index contributed by atoms with van der Waals surface area (Å²) < 4.78 is 13.6. The van der Waals surface area contributed by atoms with Crippen LogP contribution in [0.1, 0.15) is 26.4 Å². The molecular weight excluding hydrogens is 706 g/mol. The highest BCUT2D eigenvalue weighted by molar-refractivity contribution is 9.11. The fourth-order valence-corrected chi connectivity index (χ4v) is 5.32. The highest BCUT2D eigenvalue weighted by Gasteiger charge is 2.23. The normalized spacial score (nSPS) is 11.1. The Morgan fingerprint density at radius 3 is 2.30 bits per heavy atom. The molecule has 0 unspecified atom stereocenters. The number of hydrazone groups is 1. The lowest BCUT2D eigenvalue weighted by Crippen LogP contribution is -2.19. The summed E-state index contributed by atoms with van der Waals surface area (Å²) in [4.78, 5) is 29.3. The minimum Gasteiger partial charge on any atom is -0.495 e. The summed E-state index contributed by atoms with van der Waals surface area (Å²) in [6.07, 6.45) is 1.42. The molecule has 0 radical (unpaired) electrons. The summed E-state index contributed by atoms with van der Waals surface area (Å²) in [5.74, 6) is -0.0788. The SMILES string of the molecule is COc1ccc(Br)c2c(-c3ccccc3)c(C(=O)NN=Cc3cc(Br)ccc3OC(=O)c3ccc(Br)cc3)[nH]c12. The molecule has 7 nitrogen and oxygen atoms in total. The van der Waals surface area contributed by atoms with Crippen LogP contribution in [-0.4, -0.2) is 30.2 Å². The van der Waals surface area contributed by atoms with E-state index in [9.17, 15) is 9.59 Å². The van der Waals surface area contributed by atoms with Gasteiger partial charge in [-0.25, -0.2) is 10.2 Å². The Bertz CT molecular complexity index is 1750. The lowest BCUT2D eigenvalue weighted by Gasteiger charge is -2.08. The van der Waals surface area contributed by atoms with E-state index in [1.54, 1.807) is 49.6 Å². The van der Waals surface area contributed by atoms with Gasteiger partial charge < -0.3 is 14.5 Å². The summed E-state index contributed by atoms with van der Waals surface area (Å²) in [6, 6.07) is 25.3. The van der Waals surface area contributed by atoms with Crippen molar-refractivity contribution in [3.05, 3.63) is 115 Å². The third kappa shape index (κ3) is 5.89. The topological polar surface area (TPSA) is 92.8 Å². The molecule has 200 valence electrons. The van der Waals surface area contributed by atoms with Crippen LogP contribution in [-0.2, 0) is 0 Å². The second-order valence-electron chi connectivity index (χ2n) is 8.52. The lowest BCUT2D eigenvalue weighted by atomic mass is 10.0. The molecule has 1 amide bonds. The summed E-state index contributed by atoms with van der Waals surface area (Å²) >= 11 is 10.4. The van der Waals surface area contributed by atoms with Gasteiger partial charge >= 0.3 is 5.97 Å². The molecule has 5 rings (SSSR count). The van der Waals surface area contributed by atoms with Crippen molar-refractivity contribution in [2.24, 2.45) is 5.10 Å². The van der Waals surface area contributed by atoms with Crippen molar-refractivity contribution in [2.45, 2.75) is 0 Å². The van der Waals surface area contributed by atoms with Crippen LogP contribution in [0.15, 0.2) is 103 Å². The molecule has 4 aromatic carbocycles. The zero-order valence-electron chi connectivity index (χ0n) is 20.9. The minimum absolute atomic E-state index is 0.290. The predicted molar refractivity (Wildman–Crippen MR) is 166 cm³/mol. The van der Waals surface area contributed by atoms with Crippen LogP contribution in [0.25, 0.3) is 22.0 Å². The molecule has 0 saturated heterocycles. The Balaban J connectivity index is 1.45. The van der Waals surface area contributed by atoms with E-state index < -0.39 is 11.9 Å². The highest BCUT2D eigenvalue weighted by Crippen LogP contribution is 2.40. The first kappa shape index (κ1) is 27.8. The Labute approximate surface area is 255 Å². The number of halogens is 3. The number of nitrogens with zero attached hydrogens (tertiary/aromatic N) is 1. The number of carbonyl (C=O) groups excluding carboxylic acids is 2. The Morgan fingerprint density at radius 1 is 0.875 bits per heavy atom. The second-order valence-corrected chi connectivity index (χ2v) is 11.2. The zero-order valence-corrected chi connectivity index (χ0v) is 25.6. The summed E-state index contributed by atoms with van der Waals surface area (Å²) in [5.41, 5.74) is 6.05. The van der Waals surface area contributed by atoms with E-state index in [1.807, 2.05) is 42.5 Å². The number of carbonyl (C=O) groups is 2. The van der Waals surface area contributed by atoms with Crippen molar-refractivity contribution < 1.29 is 19.1 Å². The molecule has 1 aromatic heterocycles. The largest absolute Gasteiger partial charge is 0.495 e. The van der Waals surface area contributed by atoms with Gasteiger partial charge in [0.15, 0.2) is 0 Å². The van der Waals surface area contributed by atoms with Crippen molar-refractivity contribution in [2.75, 3.05) is 7.11 Å². The summed E-state index contributed by atoms with van der Waals surface area (Å²) in [5, 5.41) is 4.99. The molecule has 0 bridgehead atoms. The van der Waals surface area contributed by atoms with Crippen LogP contribution in [0.4, 0.5) is 0 Å². The zero-order chi connectivity index (χ0) is 28.2. The van der Waals surface area contributed by atoms with Gasteiger partial charge in [-0.1, -0.05) is 78.1 Å². The molecule has 0 aliphatic heterocycles. The molecule has 40 heavy (non-hydrogen) atoms. The minimum atomic E-state index is -0.515. The number of fused-ring (bicyclic) bond motifs is 1. The van der Waals surface area contributed by atoms with Gasteiger partial charge in [0.05, 0.1) is 24.4 Å². The average molecular weight is 726 g/mol. The molecule has 0 aliphatic carbocycles. The number of esters is 1. The van der Waals surface area contributed by atoms with Gasteiger partial charge in [-0.3, -0.25) is 4.79 Å². The molecule has 1 heterocycles. The quantitative estimate of drug-likeness (QED) is 0.0768. The first-order valence-corrected chi connectivity index (χ1v) is 14.3. The van der Waals surface area contributed by atoms with Crippen molar-refractivity contribution >= 4 is 76.8 Å². The predicted octanol–water partition coefficient (Wildman–Crippen LogP) is 8.11. The van der Waals surface area contributed by atoms with E-state index in [0.29, 0.717) is 39.4 Å². The van der Waals surface area contributed by atoms with Gasteiger partial charge in [0.25, 0.3) is 5.91 Å². The van der Waals surface area contributed by atoms with E-state index in [2.05, 4.69) is 63.3 Å². The van der Waals surface area contributed by atoms with Crippen molar-refractivity contribution in [3.63, 3.8) is 0 Å². The van der Waals surface area contributed by atoms with Gasteiger partial charge in [0.1, 0.15) is 17.2 Å². The average Bonchev–Trinajstić information content (AvgIpc) is 3.37. The Kier molecular flexibility index (Phi) is 8.49. The maximum absolute atomic E-state index is 13.4. The van der Waals surface area contributed by atoms with Crippen molar-refractivity contribution in [1.29, 1.82) is 0 Å². The van der Waals surface area contributed by atoms with E-state index in [1.165, 1.54) is 6.21 Å². The van der Waals surface area contributed by atoms with Crippen LogP contribution in [0.3, 0.4) is 0 Å². The molecule has 0 atom stereocenters. The third-order valence-electron chi connectivity index (χ3n) is 6.00. The van der Waals surface area contributed by atoms with E-state index in [-0.39, 0.29) is 0 Å². The number of methoxy groups -OCH3 is 1. The number of hydrogen-bond donors (Lipinski definition) is 2. The van der Waals surface area contributed by atoms with Crippen LogP contribution >= 0.6 is 47.8 Å². The van der Waals surface area contributed by atoms with Crippen LogP contribution in [0.5, 0.6) is 11.5 Å². The number of amides is 1. The first-order chi connectivity index (χ1) is 19.4. The number of nitrogens with one attached hydrogen (secondary N) is 2. The fourth-order valence-electron chi connectivity index (χ4n) is 4.15. The monoisotopic (exact) mass is 723 g/mol. The van der Waals surface area contributed by atoms with Crippen LogP contribution in [0, 0.1) is 0 Å². The van der Waals surface area contributed by atoms with Crippen molar-refractivity contribution in [3.8, 4) is 22.6 Å². The molecule has 10 heteroatoms.